The van der Waals surface area contributed by atoms with E-state index in [9.17, 15) is 13.7 Å². The largest absolute Gasteiger partial charge is 0.481 e. The standard InChI is InChI=1S/C19H17N5O3S/c1-27-18-7-16-17(10-23-18)22-9-15(8-20)19(16)13-3-2-12-4-5-24(28(21,25)26)11-14(12)6-13/h2-3,6-7,9-10H,4-5,11H2,1H3,(H2,21,25,26). The molecule has 0 amide bonds. The average Bonchev–Trinajstić information content (AvgIpc) is 2.70. The number of nitrogens with zero attached hydrogens (tertiary/aromatic N) is 4. The number of nitriles is 1. The molecule has 4 rings (SSSR count). The minimum Gasteiger partial charge on any atom is -0.481 e. The summed E-state index contributed by atoms with van der Waals surface area (Å²) in [5.41, 5.74) is 4.50. The van der Waals surface area contributed by atoms with Crippen LogP contribution < -0.4 is 9.88 Å². The molecule has 142 valence electrons. The number of benzene rings is 1. The number of methoxy groups -OCH3 is 1. The highest BCUT2D eigenvalue weighted by Crippen LogP contribution is 2.34. The summed E-state index contributed by atoms with van der Waals surface area (Å²) in [6.07, 6.45) is 3.70. The second-order valence-electron chi connectivity index (χ2n) is 6.51. The van der Waals surface area contributed by atoms with Gasteiger partial charge in [0, 0.05) is 36.3 Å². The van der Waals surface area contributed by atoms with E-state index in [1.807, 2.05) is 18.2 Å². The molecule has 2 N–H and O–H groups in total. The van der Waals surface area contributed by atoms with E-state index in [-0.39, 0.29) is 6.54 Å². The van der Waals surface area contributed by atoms with Gasteiger partial charge < -0.3 is 4.74 Å². The molecule has 1 aromatic carbocycles. The van der Waals surface area contributed by atoms with E-state index >= 15 is 0 Å². The molecule has 1 aliphatic rings. The van der Waals surface area contributed by atoms with Gasteiger partial charge in [0.05, 0.1) is 24.4 Å². The van der Waals surface area contributed by atoms with Gasteiger partial charge in [-0.1, -0.05) is 12.1 Å². The topological polar surface area (TPSA) is 122 Å². The fourth-order valence-electron chi connectivity index (χ4n) is 3.49. The second kappa shape index (κ2) is 6.83. The molecule has 0 aliphatic carbocycles. The maximum Gasteiger partial charge on any atom is 0.277 e. The third kappa shape index (κ3) is 3.18. The minimum atomic E-state index is -3.76. The molecule has 0 spiro atoms. The van der Waals surface area contributed by atoms with Crippen molar-refractivity contribution in [3.8, 4) is 23.1 Å². The third-order valence-electron chi connectivity index (χ3n) is 4.89. The van der Waals surface area contributed by atoms with Gasteiger partial charge in [0.1, 0.15) is 6.07 Å². The molecule has 0 saturated carbocycles. The second-order valence-corrected chi connectivity index (χ2v) is 8.06. The van der Waals surface area contributed by atoms with Crippen LogP contribution in [0.3, 0.4) is 0 Å². The molecule has 0 saturated heterocycles. The molecule has 8 nitrogen and oxygen atoms in total. The van der Waals surface area contributed by atoms with Crippen LogP contribution in [0.15, 0.2) is 36.7 Å². The van der Waals surface area contributed by atoms with E-state index in [0.29, 0.717) is 35.5 Å². The number of pyridine rings is 2. The zero-order valence-corrected chi connectivity index (χ0v) is 15.9. The molecule has 0 atom stereocenters. The fraction of sp³-hybridized carbons (Fsp3) is 0.211. The molecular weight excluding hydrogens is 378 g/mol. The molecule has 3 heterocycles. The Morgan fingerprint density at radius 2 is 2.04 bits per heavy atom. The van der Waals surface area contributed by atoms with Crippen molar-refractivity contribution in [2.75, 3.05) is 13.7 Å². The Labute approximate surface area is 162 Å². The Morgan fingerprint density at radius 3 is 2.75 bits per heavy atom. The monoisotopic (exact) mass is 395 g/mol. The number of rotatable bonds is 3. The first-order valence-corrected chi connectivity index (χ1v) is 10.0. The van der Waals surface area contributed by atoms with Crippen LogP contribution >= 0.6 is 0 Å². The number of aromatic nitrogens is 2. The number of hydrogen-bond acceptors (Lipinski definition) is 6. The van der Waals surface area contributed by atoms with E-state index in [4.69, 9.17) is 9.88 Å². The Hall–Kier alpha value is -3.06. The van der Waals surface area contributed by atoms with E-state index in [0.717, 1.165) is 22.1 Å². The lowest BCUT2D eigenvalue weighted by Crippen LogP contribution is -2.40. The third-order valence-corrected chi connectivity index (χ3v) is 5.92. The van der Waals surface area contributed by atoms with Crippen molar-refractivity contribution < 1.29 is 13.2 Å². The summed E-state index contributed by atoms with van der Waals surface area (Å²) in [5, 5.41) is 15.6. The molecule has 1 aliphatic heterocycles. The first kappa shape index (κ1) is 18.3. The Balaban J connectivity index is 1.90. The predicted octanol–water partition coefficient (Wildman–Crippen LogP) is 1.74. The van der Waals surface area contributed by atoms with E-state index in [1.165, 1.54) is 17.6 Å². The van der Waals surface area contributed by atoms with Gasteiger partial charge in [0.25, 0.3) is 10.2 Å². The zero-order chi connectivity index (χ0) is 19.9. The quantitative estimate of drug-likeness (QED) is 0.721. The van der Waals surface area contributed by atoms with Crippen LogP contribution in [0, 0.1) is 11.3 Å². The molecule has 9 heteroatoms. The lowest BCUT2D eigenvalue weighted by atomic mass is 9.92. The Morgan fingerprint density at radius 1 is 1.21 bits per heavy atom. The van der Waals surface area contributed by atoms with Crippen LogP contribution in [0.2, 0.25) is 0 Å². The van der Waals surface area contributed by atoms with Crippen LogP contribution in [0.4, 0.5) is 0 Å². The van der Waals surface area contributed by atoms with Gasteiger partial charge in [-0.2, -0.15) is 18.0 Å². The number of fused-ring (bicyclic) bond motifs is 2. The SMILES string of the molecule is COc1cc2c(-c3ccc4c(c3)CN(S(N)(=O)=O)CC4)c(C#N)cnc2cn1. The van der Waals surface area contributed by atoms with Crippen molar-refractivity contribution in [1.82, 2.24) is 14.3 Å². The van der Waals surface area contributed by atoms with E-state index in [2.05, 4.69) is 16.0 Å². The summed E-state index contributed by atoms with van der Waals surface area (Å²) < 4.78 is 29.9. The molecule has 2 aromatic heterocycles. The summed E-state index contributed by atoms with van der Waals surface area (Å²) in [4.78, 5) is 8.47. The first-order valence-electron chi connectivity index (χ1n) is 8.53. The summed E-state index contributed by atoms with van der Waals surface area (Å²) in [7, 11) is -2.23. The van der Waals surface area contributed by atoms with Gasteiger partial charge in [-0.25, -0.2) is 10.1 Å². The highest BCUT2D eigenvalue weighted by molar-refractivity contribution is 7.86. The van der Waals surface area contributed by atoms with Gasteiger partial charge in [0.15, 0.2) is 0 Å². The summed E-state index contributed by atoms with van der Waals surface area (Å²) in [6.45, 7) is 0.563. The molecule has 3 aromatic rings. The number of ether oxygens (including phenoxy) is 1. The Bertz CT molecular complexity index is 1230. The van der Waals surface area contributed by atoms with Crippen LogP contribution in [0.5, 0.6) is 5.88 Å². The first-order chi connectivity index (χ1) is 13.4. The van der Waals surface area contributed by atoms with Gasteiger partial charge in [-0.15, -0.1) is 0 Å². The number of nitrogens with two attached hydrogens (primary N) is 1. The minimum absolute atomic E-state index is 0.206. The summed E-state index contributed by atoms with van der Waals surface area (Å²) >= 11 is 0. The maximum absolute atomic E-state index is 11.7. The van der Waals surface area contributed by atoms with Gasteiger partial charge >= 0.3 is 0 Å². The number of hydrogen-bond donors (Lipinski definition) is 1. The smallest absolute Gasteiger partial charge is 0.277 e. The molecule has 0 fully saturated rings. The lowest BCUT2D eigenvalue weighted by molar-refractivity contribution is 0.392. The molecule has 28 heavy (non-hydrogen) atoms. The fourth-order valence-corrected chi connectivity index (χ4v) is 4.15. The van der Waals surface area contributed by atoms with Crippen molar-refractivity contribution in [1.29, 1.82) is 5.26 Å². The normalized spacial score (nSPS) is 14.5. The summed E-state index contributed by atoms with van der Waals surface area (Å²) in [5.74, 6) is 0.420. The van der Waals surface area contributed by atoms with Crippen molar-refractivity contribution in [2.24, 2.45) is 5.14 Å². The van der Waals surface area contributed by atoms with Crippen LogP contribution in [-0.2, 0) is 23.2 Å². The lowest BCUT2D eigenvalue weighted by Gasteiger charge is -2.26. The van der Waals surface area contributed by atoms with Crippen molar-refractivity contribution in [2.45, 2.75) is 13.0 Å². The average molecular weight is 395 g/mol. The highest BCUT2D eigenvalue weighted by Gasteiger charge is 2.24. The molecule has 0 bridgehead atoms. The zero-order valence-electron chi connectivity index (χ0n) is 15.1. The van der Waals surface area contributed by atoms with Crippen LogP contribution in [0.1, 0.15) is 16.7 Å². The predicted molar refractivity (Wildman–Crippen MR) is 103 cm³/mol. The van der Waals surface area contributed by atoms with E-state index in [1.54, 1.807) is 12.3 Å². The van der Waals surface area contributed by atoms with Gasteiger partial charge in [-0.05, 0) is 29.2 Å². The van der Waals surface area contributed by atoms with Crippen molar-refractivity contribution in [3.63, 3.8) is 0 Å². The maximum atomic E-state index is 11.7. The van der Waals surface area contributed by atoms with Gasteiger partial charge in [0.2, 0.25) is 5.88 Å². The summed E-state index contributed by atoms with van der Waals surface area (Å²) in [6, 6.07) is 9.75. The van der Waals surface area contributed by atoms with E-state index < -0.39 is 10.2 Å². The van der Waals surface area contributed by atoms with Crippen LogP contribution in [-0.4, -0.2) is 36.3 Å². The van der Waals surface area contributed by atoms with Gasteiger partial charge in [-0.3, -0.25) is 4.98 Å². The molecule has 0 unspecified atom stereocenters. The van der Waals surface area contributed by atoms with Crippen LogP contribution in [0.25, 0.3) is 22.0 Å². The van der Waals surface area contributed by atoms with Crippen molar-refractivity contribution >= 4 is 21.1 Å². The van der Waals surface area contributed by atoms with Crippen molar-refractivity contribution in [3.05, 3.63) is 53.3 Å². The molecule has 0 radical (unpaired) electrons. The molecular formula is C19H17N5O3S. The Kier molecular flexibility index (Phi) is 4.47. The highest BCUT2D eigenvalue weighted by atomic mass is 32.2.